The van der Waals surface area contributed by atoms with Crippen molar-refractivity contribution in [2.45, 2.75) is 6.17 Å². The average molecular weight is 425 g/mol. The second-order valence-corrected chi connectivity index (χ2v) is 7.28. The molecule has 2 amide bonds. The molecule has 1 aliphatic heterocycles. The first-order valence-electron chi connectivity index (χ1n) is 10.2. The number of nitrogens with one attached hydrogen (secondary N) is 1. The first kappa shape index (κ1) is 21.1. The van der Waals surface area contributed by atoms with Crippen molar-refractivity contribution in [1.29, 1.82) is 0 Å². The van der Waals surface area contributed by atoms with Gasteiger partial charge in [0.15, 0.2) is 0 Å². The van der Waals surface area contributed by atoms with Gasteiger partial charge < -0.3 is 15.0 Å². The summed E-state index contributed by atoms with van der Waals surface area (Å²) in [6, 6.07) is 24.5. The number of carbonyl (C=O) groups excluding carboxylic acids is 2. The number of para-hydroxylation sites is 1. The highest BCUT2D eigenvalue weighted by Crippen LogP contribution is 2.27. The van der Waals surface area contributed by atoms with E-state index in [9.17, 15) is 9.59 Å². The molecule has 32 heavy (non-hydrogen) atoms. The van der Waals surface area contributed by atoms with Gasteiger partial charge in [0.1, 0.15) is 5.75 Å². The lowest BCUT2D eigenvalue weighted by atomic mass is 10.0. The molecular formula is C26H23N3O3. The predicted octanol–water partition coefficient (Wildman–Crippen LogP) is 3.66. The van der Waals surface area contributed by atoms with Crippen molar-refractivity contribution in [3.63, 3.8) is 0 Å². The van der Waals surface area contributed by atoms with Gasteiger partial charge in [-0.25, -0.2) is 4.99 Å². The minimum absolute atomic E-state index is 0.311. The zero-order chi connectivity index (χ0) is 22.5. The quantitative estimate of drug-likeness (QED) is 0.634. The van der Waals surface area contributed by atoms with E-state index >= 15 is 0 Å². The predicted molar refractivity (Wildman–Crippen MR) is 126 cm³/mol. The van der Waals surface area contributed by atoms with Crippen LogP contribution in [0.3, 0.4) is 0 Å². The smallest absolute Gasteiger partial charge is 0.272 e. The first-order valence-corrected chi connectivity index (χ1v) is 10.2. The molecule has 3 aromatic rings. The van der Waals surface area contributed by atoms with E-state index in [1.165, 1.54) is 11.0 Å². The number of fused-ring (bicyclic) bond motifs is 1. The number of nitrogens with zero attached hydrogens (tertiary/aromatic N) is 2. The third kappa shape index (κ3) is 4.44. The van der Waals surface area contributed by atoms with Crippen molar-refractivity contribution >= 4 is 29.3 Å². The molecule has 0 spiro atoms. The van der Waals surface area contributed by atoms with Gasteiger partial charge in [0, 0.05) is 24.3 Å². The van der Waals surface area contributed by atoms with Gasteiger partial charge in [-0.2, -0.15) is 0 Å². The van der Waals surface area contributed by atoms with Crippen LogP contribution in [0.4, 0.5) is 5.69 Å². The number of ether oxygens (including phenoxy) is 1. The molecule has 1 aliphatic rings. The van der Waals surface area contributed by atoms with Crippen molar-refractivity contribution < 1.29 is 14.3 Å². The van der Waals surface area contributed by atoms with E-state index in [1.807, 2.05) is 78.9 Å². The van der Waals surface area contributed by atoms with E-state index < -0.39 is 12.1 Å². The number of likely N-dealkylation sites (N-methyl/N-ethyl adjacent to an activating group) is 1. The SMILES string of the molecule is COc1ccc(C=CC(=O)N[C@@H]2N=C(c3ccccc3)c3ccccc3N(C)C2=O)cc1. The Bertz CT molecular complexity index is 1180. The third-order valence-electron chi connectivity index (χ3n) is 5.21. The molecular weight excluding hydrogens is 402 g/mol. The second-order valence-electron chi connectivity index (χ2n) is 7.28. The number of carbonyl (C=O) groups is 2. The fraction of sp³-hybridized carbons (Fsp3) is 0.115. The molecule has 0 fully saturated rings. The van der Waals surface area contributed by atoms with E-state index in [2.05, 4.69) is 10.3 Å². The highest BCUT2D eigenvalue weighted by Gasteiger charge is 2.30. The van der Waals surface area contributed by atoms with Gasteiger partial charge in [0.25, 0.3) is 5.91 Å². The molecule has 0 bridgehead atoms. The van der Waals surface area contributed by atoms with Crippen LogP contribution in [-0.2, 0) is 9.59 Å². The molecule has 4 rings (SSSR count). The summed E-state index contributed by atoms with van der Waals surface area (Å²) in [5.41, 5.74) is 3.94. The van der Waals surface area contributed by atoms with Crippen molar-refractivity contribution in [2.24, 2.45) is 4.99 Å². The van der Waals surface area contributed by atoms with Crippen LogP contribution >= 0.6 is 0 Å². The van der Waals surface area contributed by atoms with E-state index in [1.54, 1.807) is 20.2 Å². The lowest BCUT2D eigenvalue weighted by Crippen LogP contribution is -2.45. The van der Waals surface area contributed by atoms with Gasteiger partial charge in [0.2, 0.25) is 12.1 Å². The standard InChI is InChI=1S/C26H23N3O3/c1-29-22-11-7-6-10-21(22)24(19-8-4-3-5-9-19)28-25(26(29)31)27-23(30)17-14-18-12-15-20(32-2)16-13-18/h3-17,25H,1-2H3,(H,27,30)/t25-/m1/s1. The maximum Gasteiger partial charge on any atom is 0.272 e. The fourth-order valence-electron chi connectivity index (χ4n) is 3.51. The molecule has 160 valence electrons. The lowest BCUT2D eigenvalue weighted by molar-refractivity contribution is -0.124. The molecule has 1 atom stereocenters. The molecule has 0 aromatic heterocycles. The molecule has 0 unspecified atom stereocenters. The summed E-state index contributed by atoms with van der Waals surface area (Å²) < 4.78 is 5.14. The van der Waals surface area contributed by atoms with E-state index in [0.29, 0.717) is 5.71 Å². The number of hydrogen-bond acceptors (Lipinski definition) is 4. The van der Waals surface area contributed by atoms with Crippen LogP contribution in [0.2, 0.25) is 0 Å². The normalized spacial score (nSPS) is 15.7. The number of hydrogen-bond donors (Lipinski definition) is 1. The average Bonchev–Trinajstić information content (AvgIpc) is 2.94. The first-order chi connectivity index (χ1) is 15.6. The molecule has 0 saturated heterocycles. The van der Waals surface area contributed by atoms with Crippen LogP contribution in [0.1, 0.15) is 16.7 Å². The molecule has 6 heteroatoms. The topological polar surface area (TPSA) is 71.0 Å². The summed E-state index contributed by atoms with van der Waals surface area (Å²) in [7, 11) is 3.29. The van der Waals surface area contributed by atoms with Crippen molar-refractivity contribution in [2.75, 3.05) is 19.1 Å². The number of rotatable bonds is 5. The van der Waals surface area contributed by atoms with Crippen LogP contribution in [0.15, 0.2) is 89.9 Å². The Balaban J connectivity index is 1.63. The summed E-state index contributed by atoms with van der Waals surface area (Å²) in [6.07, 6.45) is 2.02. The molecule has 6 nitrogen and oxygen atoms in total. The zero-order valence-corrected chi connectivity index (χ0v) is 17.9. The van der Waals surface area contributed by atoms with Crippen LogP contribution in [-0.4, -0.2) is 37.8 Å². The number of anilines is 1. The molecule has 0 aliphatic carbocycles. The van der Waals surface area contributed by atoms with E-state index in [4.69, 9.17) is 4.74 Å². The largest absolute Gasteiger partial charge is 0.497 e. The van der Waals surface area contributed by atoms with Gasteiger partial charge in [-0.05, 0) is 29.8 Å². The fourth-order valence-corrected chi connectivity index (χ4v) is 3.51. The van der Waals surface area contributed by atoms with Crippen LogP contribution in [0.5, 0.6) is 5.75 Å². The van der Waals surface area contributed by atoms with Gasteiger partial charge in [-0.15, -0.1) is 0 Å². The Morgan fingerprint density at radius 3 is 2.41 bits per heavy atom. The Labute approximate surface area is 186 Å². The lowest BCUT2D eigenvalue weighted by Gasteiger charge is -2.20. The minimum Gasteiger partial charge on any atom is -0.497 e. The van der Waals surface area contributed by atoms with Crippen molar-refractivity contribution in [3.8, 4) is 5.75 Å². The molecule has 3 aromatic carbocycles. The van der Waals surface area contributed by atoms with Crippen LogP contribution in [0.25, 0.3) is 6.08 Å². The number of amides is 2. The molecule has 0 radical (unpaired) electrons. The molecule has 0 saturated carbocycles. The summed E-state index contributed by atoms with van der Waals surface area (Å²) in [4.78, 5) is 32.0. The summed E-state index contributed by atoms with van der Waals surface area (Å²) >= 11 is 0. The second kappa shape index (κ2) is 9.31. The summed E-state index contributed by atoms with van der Waals surface area (Å²) in [5, 5.41) is 2.74. The Hall–Kier alpha value is -4.19. The van der Waals surface area contributed by atoms with Crippen molar-refractivity contribution in [3.05, 3.63) is 102 Å². The number of aliphatic imine (C=N–C) groups is 1. The van der Waals surface area contributed by atoms with E-state index in [-0.39, 0.29) is 5.91 Å². The monoisotopic (exact) mass is 425 g/mol. The third-order valence-corrected chi connectivity index (χ3v) is 5.21. The van der Waals surface area contributed by atoms with Gasteiger partial charge >= 0.3 is 0 Å². The Morgan fingerprint density at radius 2 is 1.69 bits per heavy atom. The minimum atomic E-state index is -1.05. The molecule has 1 heterocycles. The van der Waals surface area contributed by atoms with Gasteiger partial charge in [-0.1, -0.05) is 60.7 Å². The maximum atomic E-state index is 13.1. The Kier molecular flexibility index (Phi) is 6.12. The van der Waals surface area contributed by atoms with Gasteiger partial charge in [-0.3, -0.25) is 9.59 Å². The Morgan fingerprint density at radius 1 is 1.00 bits per heavy atom. The van der Waals surface area contributed by atoms with Crippen LogP contribution in [0, 0.1) is 0 Å². The maximum absolute atomic E-state index is 13.1. The highest BCUT2D eigenvalue weighted by molar-refractivity contribution is 6.20. The van der Waals surface area contributed by atoms with E-state index in [0.717, 1.165) is 28.1 Å². The number of benzene rings is 3. The number of benzodiazepines with no additional fused rings is 1. The van der Waals surface area contributed by atoms with Gasteiger partial charge in [0.05, 0.1) is 18.5 Å². The zero-order valence-electron chi connectivity index (χ0n) is 17.9. The summed E-state index contributed by atoms with van der Waals surface area (Å²) in [6.45, 7) is 0. The molecule has 1 N–H and O–H groups in total. The summed E-state index contributed by atoms with van der Waals surface area (Å²) in [5.74, 6) is 0.0188. The van der Waals surface area contributed by atoms with Crippen molar-refractivity contribution in [1.82, 2.24) is 5.32 Å². The number of methoxy groups -OCH3 is 1. The van der Waals surface area contributed by atoms with Crippen LogP contribution < -0.4 is 15.0 Å². The highest BCUT2D eigenvalue weighted by atomic mass is 16.5.